The third-order valence-electron chi connectivity index (χ3n) is 2.76. The van der Waals surface area contributed by atoms with Gasteiger partial charge in [-0.2, -0.15) is 5.10 Å². The standard InChI is InChI=1S/C14H10N4O3/c19-18(20)14-8-6-11(21-14)9-15-17-13-7-5-10-3-1-2-4-12(10)16-13/h1-9H,(H,16,17)/b15-9-. The van der Waals surface area contributed by atoms with Gasteiger partial charge in [-0.05, 0) is 24.3 Å². The molecule has 0 aliphatic carbocycles. The number of hydrogen-bond donors (Lipinski definition) is 1. The van der Waals surface area contributed by atoms with Crippen molar-refractivity contribution >= 4 is 28.8 Å². The molecule has 7 heteroatoms. The van der Waals surface area contributed by atoms with Crippen LogP contribution in [0.1, 0.15) is 5.76 Å². The Labute approximate surface area is 119 Å². The molecule has 0 atom stereocenters. The van der Waals surface area contributed by atoms with Crippen LogP contribution >= 0.6 is 0 Å². The number of nitrogens with zero attached hydrogens (tertiary/aromatic N) is 3. The summed E-state index contributed by atoms with van der Waals surface area (Å²) in [6.07, 6.45) is 1.35. The molecule has 104 valence electrons. The van der Waals surface area contributed by atoms with Crippen molar-refractivity contribution in [3.8, 4) is 0 Å². The number of hydrogen-bond acceptors (Lipinski definition) is 6. The van der Waals surface area contributed by atoms with Crippen molar-refractivity contribution in [2.45, 2.75) is 0 Å². The molecule has 0 bridgehead atoms. The molecule has 1 N–H and O–H groups in total. The molecule has 0 spiro atoms. The van der Waals surface area contributed by atoms with Crippen molar-refractivity contribution in [2.75, 3.05) is 5.43 Å². The first kappa shape index (κ1) is 12.8. The number of fused-ring (bicyclic) bond motifs is 1. The Morgan fingerprint density at radius 2 is 2.05 bits per heavy atom. The number of nitrogens with one attached hydrogen (secondary N) is 1. The summed E-state index contributed by atoms with van der Waals surface area (Å²) in [5.74, 6) is 0.543. The van der Waals surface area contributed by atoms with Gasteiger partial charge in [-0.25, -0.2) is 4.98 Å². The van der Waals surface area contributed by atoms with E-state index in [1.54, 1.807) is 6.07 Å². The van der Waals surface area contributed by atoms with E-state index in [2.05, 4.69) is 15.5 Å². The summed E-state index contributed by atoms with van der Waals surface area (Å²) < 4.78 is 4.94. The van der Waals surface area contributed by atoms with Crippen LogP contribution in [-0.2, 0) is 0 Å². The van der Waals surface area contributed by atoms with Crippen LogP contribution in [-0.4, -0.2) is 16.1 Å². The van der Waals surface area contributed by atoms with Gasteiger partial charge in [0.1, 0.15) is 10.7 Å². The van der Waals surface area contributed by atoms with Crippen molar-refractivity contribution in [2.24, 2.45) is 5.10 Å². The molecular formula is C14H10N4O3. The Balaban J connectivity index is 1.73. The number of anilines is 1. The lowest BCUT2D eigenvalue weighted by Gasteiger charge is -2.01. The SMILES string of the molecule is O=[N+]([O-])c1ccc(/C=N\Nc2ccc3ccccc3n2)o1. The summed E-state index contributed by atoms with van der Waals surface area (Å²) >= 11 is 0. The molecule has 0 aliphatic heterocycles. The Kier molecular flexibility index (Phi) is 3.30. The minimum atomic E-state index is -0.602. The van der Waals surface area contributed by atoms with Crippen molar-refractivity contribution < 1.29 is 9.34 Å². The Morgan fingerprint density at radius 1 is 1.19 bits per heavy atom. The van der Waals surface area contributed by atoms with E-state index in [0.29, 0.717) is 5.82 Å². The number of nitro groups is 1. The highest BCUT2D eigenvalue weighted by atomic mass is 16.6. The van der Waals surface area contributed by atoms with Crippen molar-refractivity contribution in [3.05, 3.63) is 64.4 Å². The number of furan rings is 1. The predicted molar refractivity (Wildman–Crippen MR) is 78.3 cm³/mol. The predicted octanol–water partition coefficient (Wildman–Crippen LogP) is 3.18. The molecular weight excluding hydrogens is 272 g/mol. The highest BCUT2D eigenvalue weighted by molar-refractivity contribution is 5.80. The van der Waals surface area contributed by atoms with Crippen LogP contribution in [0, 0.1) is 10.1 Å². The van der Waals surface area contributed by atoms with Crippen LogP contribution < -0.4 is 5.43 Å². The normalized spacial score (nSPS) is 11.0. The fourth-order valence-corrected chi connectivity index (χ4v) is 1.80. The summed E-state index contributed by atoms with van der Waals surface area (Å²) in [7, 11) is 0. The summed E-state index contributed by atoms with van der Waals surface area (Å²) in [4.78, 5) is 14.3. The van der Waals surface area contributed by atoms with E-state index in [-0.39, 0.29) is 11.6 Å². The van der Waals surface area contributed by atoms with Gasteiger partial charge >= 0.3 is 5.88 Å². The molecule has 0 fully saturated rings. The van der Waals surface area contributed by atoms with Gasteiger partial charge in [0.2, 0.25) is 0 Å². The Hall–Kier alpha value is -3.22. The van der Waals surface area contributed by atoms with Gasteiger partial charge in [0.05, 0.1) is 17.8 Å². The summed E-state index contributed by atoms with van der Waals surface area (Å²) in [6, 6.07) is 14.2. The van der Waals surface area contributed by atoms with Gasteiger partial charge < -0.3 is 4.42 Å². The average molecular weight is 282 g/mol. The smallest absolute Gasteiger partial charge is 0.400 e. The average Bonchev–Trinajstić information content (AvgIpc) is 2.96. The summed E-state index contributed by atoms with van der Waals surface area (Å²) in [5, 5.41) is 15.4. The minimum Gasteiger partial charge on any atom is -0.400 e. The number of aromatic nitrogens is 1. The molecule has 1 aromatic carbocycles. The second kappa shape index (κ2) is 5.41. The maximum atomic E-state index is 10.5. The monoisotopic (exact) mass is 282 g/mol. The molecule has 3 rings (SSSR count). The lowest BCUT2D eigenvalue weighted by Crippen LogP contribution is -1.93. The number of hydrazone groups is 1. The second-order valence-electron chi connectivity index (χ2n) is 4.19. The van der Waals surface area contributed by atoms with Crippen LogP contribution in [0.2, 0.25) is 0 Å². The van der Waals surface area contributed by atoms with Crippen LogP contribution in [0.15, 0.2) is 58.0 Å². The first-order valence-corrected chi connectivity index (χ1v) is 6.11. The van der Waals surface area contributed by atoms with Gasteiger partial charge in [0.25, 0.3) is 0 Å². The van der Waals surface area contributed by atoms with E-state index in [0.717, 1.165) is 10.9 Å². The topological polar surface area (TPSA) is 93.6 Å². The van der Waals surface area contributed by atoms with E-state index in [9.17, 15) is 10.1 Å². The van der Waals surface area contributed by atoms with Gasteiger partial charge in [-0.15, -0.1) is 0 Å². The quantitative estimate of drug-likeness (QED) is 0.450. The molecule has 0 radical (unpaired) electrons. The van der Waals surface area contributed by atoms with Crippen LogP contribution in [0.3, 0.4) is 0 Å². The zero-order valence-corrected chi connectivity index (χ0v) is 10.8. The zero-order valence-electron chi connectivity index (χ0n) is 10.8. The van der Waals surface area contributed by atoms with Crippen molar-refractivity contribution in [3.63, 3.8) is 0 Å². The van der Waals surface area contributed by atoms with Crippen LogP contribution in [0.4, 0.5) is 11.7 Å². The third kappa shape index (κ3) is 2.86. The summed E-state index contributed by atoms with van der Waals surface area (Å²) in [6.45, 7) is 0. The van der Waals surface area contributed by atoms with E-state index in [4.69, 9.17) is 4.42 Å². The van der Waals surface area contributed by atoms with Crippen LogP contribution in [0.25, 0.3) is 10.9 Å². The van der Waals surface area contributed by atoms with Crippen LogP contribution in [0.5, 0.6) is 0 Å². The highest BCUT2D eigenvalue weighted by Gasteiger charge is 2.10. The number of benzene rings is 1. The largest absolute Gasteiger partial charge is 0.433 e. The number of para-hydroxylation sites is 1. The molecule has 2 heterocycles. The third-order valence-corrected chi connectivity index (χ3v) is 2.76. The fourth-order valence-electron chi connectivity index (χ4n) is 1.80. The number of pyridine rings is 1. The first-order chi connectivity index (χ1) is 10.2. The van der Waals surface area contributed by atoms with Gasteiger partial charge in [-0.3, -0.25) is 15.5 Å². The van der Waals surface area contributed by atoms with Gasteiger partial charge in [0.15, 0.2) is 5.76 Å². The molecule has 0 saturated heterocycles. The maximum Gasteiger partial charge on any atom is 0.433 e. The molecule has 0 amide bonds. The molecule has 7 nitrogen and oxygen atoms in total. The minimum absolute atomic E-state index is 0.287. The molecule has 0 aliphatic rings. The van der Waals surface area contributed by atoms with Gasteiger partial charge in [-0.1, -0.05) is 18.2 Å². The second-order valence-corrected chi connectivity index (χ2v) is 4.19. The zero-order chi connectivity index (χ0) is 14.7. The lowest BCUT2D eigenvalue weighted by molar-refractivity contribution is -0.402. The van der Waals surface area contributed by atoms with Gasteiger partial charge in [0, 0.05) is 5.39 Å². The lowest BCUT2D eigenvalue weighted by atomic mass is 10.2. The van der Waals surface area contributed by atoms with E-state index in [1.807, 2.05) is 30.3 Å². The Morgan fingerprint density at radius 3 is 2.86 bits per heavy atom. The molecule has 0 saturated carbocycles. The summed E-state index contributed by atoms with van der Waals surface area (Å²) in [5.41, 5.74) is 3.61. The fraction of sp³-hybridized carbons (Fsp3) is 0. The first-order valence-electron chi connectivity index (χ1n) is 6.11. The molecule has 0 unspecified atom stereocenters. The highest BCUT2D eigenvalue weighted by Crippen LogP contribution is 2.15. The molecule has 21 heavy (non-hydrogen) atoms. The van der Waals surface area contributed by atoms with E-state index < -0.39 is 4.92 Å². The Bertz CT molecular complexity index is 826. The number of rotatable bonds is 4. The maximum absolute atomic E-state index is 10.5. The molecule has 3 aromatic rings. The molecule has 2 aromatic heterocycles. The van der Waals surface area contributed by atoms with E-state index in [1.165, 1.54) is 18.3 Å². The van der Waals surface area contributed by atoms with Crippen molar-refractivity contribution in [1.29, 1.82) is 0 Å². The van der Waals surface area contributed by atoms with E-state index >= 15 is 0 Å². The van der Waals surface area contributed by atoms with Crippen molar-refractivity contribution in [1.82, 2.24) is 4.98 Å².